The number of carboxylic acids is 1. The molecule has 0 saturated carbocycles. The summed E-state index contributed by atoms with van der Waals surface area (Å²) in [6, 6.07) is 0.175. The minimum Gasteiger partial charge on any atom is -0.481 e. The van der Waals surface area contributed by atoms with Crippen LogP contribution in [0.5, 0.6) is 0 Å². The number of carbonyl (C=O) groups is 2. The summed E-state index contributed by atoms with van der Waals surface area (Å²) in [7, 11) is 1.83. The lowest BCUT2D eigenvalue weighted by atomic mass is 9.83. The number of carbonyl (C=O) groups excluding carboxylic acids is 1. The topological polar surface area (TPSA) is 60.9 Å². The van der Waals surface area contributed by atoms with Gasteiger partial charge in [-0.1, -0.05) is 20.3 Å². The molecule has 0 aromatic carbocycles. The predicted molar refractivity (Wildman–Crippen MR) is 86.8 cm³/mol. The minimum absolute atomic E-state index is 0.0323. The number of hydrogen-bond acceptors (Lipinski definition) is 3. The molecule has 122 valence electrons. The van der Waals surface area contributed by atoms with Gasteiger partial charge in [0.15, 0.2) is 0 Å². The molecule has 0 radical (unpaired) electrons. The van der Waals surface area contributed by atoms with Gasteiger partial charge in [0, 0.05) is 31.9 Å². The Bertz CT molecular complexity index is 378. The third kappa shape index (κ3) is 4.05. The highest BCUT2D eigenvalue weighted by molar-refractivity contribution is 7.98. The number of nitrogens with zero attached hydrogens (tertiary/aromatic N) is 2. The summed E-state index contributed by atoms with van der Waals surface area (Å²) in [5.41, 5.74) is -0.744. The highest BCUT2D eigenvalue weighted by Crippen LogP contribution is 2.36. The Kier molecular flexibility index (Phi) is 6.84. The van der Waals surface area contributed by atoms with Gasteiger partial charge in [-0.15, -0.1) is 0 Å². The number of aliphatic carboxylic acids is 1. The van der Waals surface area contributed by atoms with E-state index in [1.165, 1.54) is 0 Å². The van der Waals surface area contributed by atoms with Crippen molar-refractivity contribution in [3.63, 3.8) is 0 Å². The summed E-state index contributed by atoms with van der Waals surface area (Å²) >= 11 is 1.73. The number of hydrogen-bond donors (Lipinski definition) is 1. The van der Waals surface area contributed by atoms with Crippen LogP contribution in [-0.4, -0.2) is 65.1 Å². The van der Waals surface area contributed by atoms with Crippen molar-refractivity contribution >= 4 is 23.8 Å². The smallest absolute Gasteiger partial charge is 0.320 e. The molecule has 2 amide bonds. The lowest BCUT2D eigenvalue weighted by Gasteiger charge is -2.32. The molecule has 21 heavy (non-hydrogen) atoms. The summed E-state index contributed by atoms with van der Waals surface area (Å²) in [5.74, 6) is 0.143. The van der Waals surface area contributed by atoms with Crippen molar-refractivity contribution in [3.05, 3.63) is 0 Å². The second kappa shape index (κ2) is 7.92. The molecule has 1 N–H and O–H groups in total. The molecule has 1 rings (SSSR count). The quantitative estimate of drug-likeness (QED) is 0.784. The van der Waals surface area contributed by atoms with E-state index in [-0.39, 0.29) is 12.1 Å². The van der Waals surface area contributed by atoms with Gasteiger partial charge >= 0.3 is 12.0 Å². The van der Waals surface area contributed by atoms with Crippen molar-refractivity contribution in [3.8, 4) is 0 Å². The molecule has 0 aliphatic carbocycles. The van der Waals surface area contributed by atoms with Crippen LogP contribution in [0.2, 0.25) is 0 Å². The molecule has 2 unspecified atom stereocenters. The number of thioether (sulfide) groups is 1. The summed E-state index contributed by atoms with van der Waals surface area (Å²) in [6.45, 7) is 4.96. The Hall–Kier alpha value is -0.910. The van der Waals surface area contributed by atoms with Crippen LogP contribution >= 0.6 is 11.8 Å². The van der Waals surface area contributed by atoms with E-state index in [1.54, 1.807) is 21.6 Å². The van der Waals surface area contributed by atoms with E-state index < -0.39 is 11.4 Å². The third-order valence-corrected chi connectivity index (χ3v) is 5.20. The molecule has 0 bridgehead atoms. The average Bonchev–Trinajstić information content (AvgIpc) is 2.89. The van der Waals surface area contributed by atoms with E-state index in [2.05, 4.69) is 6.92 Å². The molecule has 1 aliphatic rings. The van der Waals surface area contributed by atoms with Crippen molar-refractivity contribution in [1.82, 2.24) is 9.80 Å². The second-order valence-electron chi connectivity index (χ2n) is 5.92. The van der Waals surface area contributed by atoms with E-state index in [0.717, 1.165) is 18.6 Å². The molecule has 5 nitrogen and oxygen atoms in total. The van der Waals surface area contributed by atoms with E-state index in [4.69, 9.17) is 0 Å². The van der Waals surface area contributed by atoms with Crippen LogP contribution < -0.4 is 0 Å². The fraction of sp³-hybridized carbons (Fsp3) is 0.867. The third-order valence-electron chi connectivity index (χ3n) is 4.49. The van der Waals surface area contributed by atoms with Gasteiger partial charge in [0.05, 0.1) is 5.41 Å². The fourth-order valence-corrected chi connectivity index (χ4v) is 3.92. The number of amides is 2. The minimum atomic E-state index is -0.765. The van der Waals surface area contributed by atoms with Gasteiger partial charge in [-0.2, -0.15) is 11.8 Å². The molecule has 1 aliphatic heterocycles. The van der Waals surface area contributed by atoms with Gasteiger partial charge in [-0.25, -0.2) is 4.79 Å². The Labute approximate surface area is 132 Å². The first-order valence-corrected chi connectivity index (χ1v) is 9.05. The summed E-state index contributed by atoms with van der Waals surface area (Å²) < 4.78 is 0. The highest BCUT2D eigenvalue weighted by atomic mass is 32.2. The van der Waals surface area contributed by atoms with Crippen LogP contribution in [0.25, 0.3) is 0 Å². The summed E-state index contributed by atoms with van der Waals surface area (Å²) in [6.07, 6.45) is 4.98. The first-order valence-electron chi connectivity index (χ1n) is 7.66. The Morgan fingerprint density at radius 2 is 2.10 bits per heavy atom. The van der Waals surface area contributed by atoms with E-state index >= 15 is 0 Å². The zero-order valence-electron chi connectivity index (χ0n) is 13.6. The molecule has 2 atom stereocenters. The maximum atomic E-state index is 12.6. The first-order chi connectivity index (χ1) is 9.91. The Morgan fingerprint density at radius 3 is 2.57 bits per heavy atom. The molecule has 1 fully saturated rings. The van der Waals surface area contributed by atoms with Gasteiger partial charge in [0.1, 0.15) is 0 Å². The Morgan fingerprint density at radius 1 is 1.43 bits per heavy atom. The van der Waals surface area contributed by atoms with E-state index in [1.807, 2.05) is 20.2 Å². The maximum absolute atomic E-state index is 12.6. The van der Waals surface area contributed by atoms with Gasteiger partial charge in [0.2, 0.25) is 0 Å². The molecular formula is C15H28N2O3S. The highest BCUT2D eigenvalue weighted by Gasteiger charge is 2.46. The van der Waals surface area contributed by atoms with Gasteiger partial charge in [0.25, 0.3) is 0 Å². The van der Waals surface area contributed by atoms with Gasteiger partial charge in [-0.3, -0.25) is 4.79 Å². The van der Waals surface area contributed by atoms with Crippen LogP contribution in [0.15, 0.2) is 0 Å². The lowest BCUT2D eigenvalue weighted by Crippen LogP contribution is -2.47. The van der Waals surface area contributed by atoms with Crippen molar-refractivity contribution in [1.29, 1.82) is 0 Å². The normalized spacial score (nSPS) is 23.1. The van der Waals surface area contributed by atoms with Crippen molar-refractivity contribution in [2.24, 2.45) is 5.41 Å². The van der Waals surface area contributed by atoms with Crippen LogP contribution in [0.1, 0.15) is 39.5 Å². The van der Waals surface area contributed by atoms with Crippen LogP contribution in [-0.2, 0) is 4.79 Å². The van der Waals surface area contributed by atoms with Crippen LogP contribution in [0.3, 0.4) is 0 Å². The lowest BCUT2D eigenvalue weighted by molar-refractivity contribution is -0.148. The van der Waals surface area contributed by atoms with Crippen LogP contribution in [0.4, 0.5) is 4.79 Å². The van der Waals surface area contributed by atoms with E-state index in [0.29, 0.717) is 25.9 Å². The van der Waals surface area contributed by atoms with Crippen LogP contribution in [0, 0.1) is 5.41 Å². The number of likely N-dealkylation sites (tertiary alicyclic amines) is 1. The maximum Gasteiger partial charge on any atom is 0.320 e. The SMILES string of the molecule is CCCC1(C(=O)O)CCN(C(=O)N(C)C(CC)CSC)C1. The number of carboxylic acid groups (broad SMARTS) is 1. The molecule has 0 aromatic rings. The molecular weight excluding hydrogens is 288 g/mol. The van der Waals surface area contributed by atoms with E-state index in [9.17, 15) is 14.7 Å². The summed E-state index contributed by atoms with van der Waals surface area (Å²) in [4.78, 5) is 27.7. The molecule has 1 heterocycles. The monoisotopic (exact) mass is 316 g/mol. The second-order valence-corrected chi connectivity index (χ2v) is 6.83. The first kappa shape index (κ1) is 18.1. The molecule has 0 spiro atoms. The van der Waals surface area contributed by atoms with Gasteiger partial charge in [-0.05, 0) is 25.5 Å². The molecule has 6 heteroatoms. The van der Waals surface area contributed by atoms with Crippen molar-refractivity contribution in [2.75, 3.05) is 32.1 Å². The standard InChI is InChI=1S/C15H28N2O3S/c1-5-7-15(13(18)19)8-9-17(11-15)14(20)16(3)12(6-2)10-21-4/h12H,5-11H2,1-4H3,(H,18,19). The zero-order valence-corrected chi connectivity index (χ0v) is 14.4. The van der Waals surface area contributed by atoms with Gasteiger partial charge < -0.3 is 14.9 Å². The largest absolute Gasteiger partial charge is 0.481 e. The van der Waals surface area contributed by atoms with Crippen molar-refractivity contribution < 1.29 is 14.7 Å². The fourth-order valence-electron chi connectivity index (χ4n) is 3.07. The molecule has 0 aromatic heterocycles. The van der Waals surface area contributed by atoms with Crippen molar-refractivity contribution in [2.45, 2.75) is 45.6 Å². The average molecular weight is 316 g/mol. The predicted octanol–water partition coefficient (Wildman–Crippen LogP) is 2.76. The Balaban J connectivity index is 2.74. The number of rotatable bonds is 7. The summed E-state index contributed by atoms with van der Waals surface area (Å²) in [5, 5.41) is 9.52. The number of urea groups is 1. The zero-order chi connectivity index (χ0) is 16.0. The molecule has 1 saturated heterocycles.